The first-order valence-electron chi connectivity index (χ1n) is 5.12. The molecule has 0 aromatic heterocycles. The maximum Gasteiger partial charge on any atom is 0.0585 e. The number of hydrogen-bond donors (Lipinski definition) is 0. The molecule has 3 rings (SSSR count). The second kappa shape index (κ2) is 3.02. The Morgan fingerprint density at radius 1 is 1.14 bits per heavy atom. The topological polar surface area (TPSA) is 3.24 Å². The zero-order valence-corrected chi connectivity index (χ0v) is 8.01. The third-order valence-electron chi connectivity index (χ3n) is 3.12. The van der Waals surface area contributed by atoms with Crippen LogP contribution in [0.2, 0.25) is 0 Å². The van der Waals surface area contributed by atoms with Crippen molar-refractivity contribution in [2.45, 2.75) is 12.5 Å². The molecule has 2 aliphatic heterocycles. The van der Waals surface area contributed by atoms with Crippen LogP contribution in [0.3, 0.4) is 0 Å². The summed E-state index contributed by atoms with van der Waals surface area (Å²) in [6.07, 6.45) is 20.9. The summed E-state index contributed by atoms with van der Waals surface area (Å²) in [4.78, 5) is 2.29. The van der Waals surface area contributed by atoms with Crippen molar-refractivity contribution in [2.75, 3.05) is 0 Å². The maximum absolute atomic E-state index is 2.29. The summed E-state index contributed by atoms with van der Waals surface area (Å²) in [6.45, 7) is 0. The maximum atomic E-state index is 2.29. The lowest BCUT2D eigenvalue weighted by Gasteiger charge is -2.38. The molecule has 0 aromatic carbocycles. The van der Waals surface area contributed by atoms with Crippen molar-refractivity contribution in [2.24, 2.45) is 5.92 Å². The van der Waals surface area contributed by atoms with Crippen molar-refractivity contribution in [1.29, 1.82) is 0 Å². The number of hydrogen-bond acceptors (Lipinski definition) is 1. The second-order valence-corrected chi connectivity index (χ2v) is 3.92. The van der Waals surface area contributed by atoms with Gasteiger partial charge >= 0.3 is 0 Å². The van der Waals surface area contributed by atoms with Crippen LogP contribution in [-0.4, -0.2) is 10.9 Å². The smallest absolute Gasteiger partial charge is 0.0585 e. The van der Waals surface area contributed by atoms with E-state index in [0.29, 0.717) is 12.0 Å². The Bertz CT molecular complexity index is 382. The van der Waals surface area contributed by atoms with Crippen molar-refractivity contribution < 1.29 is 0 Å². The van der Waals surface area contributed by atoms with Gasteiger partial charge in [0.1, 0.15) is 0 Å². The number of allylic oxidation sites excluding steroid dienone is 6. The van der Waals surface area contributed by atoms with E-state index < -0.39 is 0 Å². The minimum absolute atomic E-state index is 0.529. The molecule has 0 fully saturated rings. The fourth-order valence-electron chi connectivity index (χ4n) is 2.37. The Labute approximate surface area is 84.4 Å². The lowest BCUT2D eigenvalue weighted by atomic mass is 9.82. The van der Waals surface area contributed by atoms with Gasteiger partial charge in [0.05, 0.1) is 6.04 Å². The van der Waals surface area contributed by atoms with E-state index in [1.54, 1.807) is 0 Å². The zero-order valence-electron chi connectivity index (χ0n) is 8.01. The summed E-state index contributed by atoms with van der Waals surface area (Å²) >= 11 is 0. The summed E-state index contributed by atoms with van der Waals surface area (Å²) < 4.78 is 0. The summed E-state index contributed by atoms with van der Waals surface area (Å²) in [5.74, 6) is 0.645. The summed E-state index contributed by atoms with van der Waals surface area (Å²) in [7, 11) is 0. The first-order valence-corrected chi connectivity index (χ1v) is 5.12. The monoisotopic (exact) mass is 183 g/mol. The van der Waals surface area contributed by atoms with E-state index in [1.807, 2.05) is 0 Å². The summed E-state index contributed by atoms with van der Waals surface area (Å²) in [5, 5.41) is 0. The molecule has 3 aliphatic rings. The third kappa shape index (κ3) is 1.09. The van der Waals surface area contributed by atoms with Gasteiger partial charge < -0.3 is 4.90 Å². The predicted molar refractivity (Wildman–Crippen MR) is 58.4 cm³/mol. The fourth-order valence-corrected chi connectivity index (χ4v) is 2.37. The molecule has 0 saturated carbocycles. The molecule has 2 atom stereocenters. The van der Waals surface area contributed by atoms with Crippen molar-refractivity contribution in [3.05, 3.63) is 60.5 Å². The molecule has 0 saturated heterocycles. The molecule has 0 radical (unpaired) electrons. The Hall–Kier alpha value is -1.50. The van der Waals surface area contributed by atoms with Gasteiger partial charge in [0.2, 0.25) is 0 Å². The minimum Gasteiger partial charge on any atom is -0.347 e. The van der Waals surface area contributed by atoms with Crippen LogP contribution in [-0.2, 0) is 0 Å². The molecule has 0 bridgehead atoms. The Morgan fingerprint density at radius 3 is 3.14 bits per heavy atom. The van der Waals surface area contributed by atoms with Gasteiger partial charge in [0, 0.05) is 18.3 Å². The average molecular weight is 183 g/mol. The molecule has 0 aromatic rings. The first kappa shape index (κ1) is 7.86. The lowest BCUT2D eigenvalue weighted by molar-refractivity contribution is 0.322. The Balaban J connectivity index is 2.01. The van der Waals surface area contributed by atoms with Crippen LogP contribution in [0.15, 0.2) is 60.5 Å². The van der Waals surface area contributed by atoms with E-state index in [9.17, 15) is 0 Å². The number of fused-ring (bicyclic) bond motifs is 3. The molecular formula is C13H13N. The van der Waals surface area contributed by atoms with Crippen LogP contribution in [0.25, 0.3) is 0 Å². The van der Waals surface area contributed by atoms with E-state index in [1.165, 1.54) is 5.57 Å². The van der Waals surface area contributed by atoms with Gasteiger partial charge in [0.15, 0.2) is 0 Å². The summed E-state index contributed by atoms with van der Waals surface area (Å²) in [6, 6.07) is 0.529. The van der Waals surface area contributed by atoms with Crippen molar-refractivity contribution >= 4 is 0 Å². The Morgan fingerprint density at radius 2 is 2.14 bits per heavy atom. The highest BCUT2D eigenvalue weighted by Crippen LogP contribution is 2.33. The first-order chi connectivity index (χ1) is 6.95. The second-order valence-electron chi connectivity index (χ2n) is 3.92. The average Bonchev–Trinajstić information content (AvgIpc) is 2.29. The molecule has 0 spiro atoms. The molecule has 1 aliphatic carbocycles. The SMILES string of the molecule is C1=CCC2C(=C1)C=CN1C=CC=CC21. The van der Waals surface area contributed by atoms with Crippen LogP contribution in [0.5, 0.6) is 0 Å². The predicted octanol–water partition coefficient (Wildman–Crippen LogP) is 2.77. The van der Waals surface area contributed by atoms with Crippen LogP contribution in [0.1, 0.15) is 6.42 Å². The van der Waals surface area contributed by atoms with E-state index in [4.69, 9.17) is 0 Å². The number of rotatable bonds is 0. The van der Waals surface area contributed by atoms with E-state index in [-0.39, 0.29) is 0 Å². The van der Waals surface area contributed by atoms with Crippen LogP contribution in [0.4, 0.5) is 0 Å². The largest absolute Gasteiger partial charge is 0.347 e. The number of nitrogens with zero attached hydrogens (tertiary/aromatic N) is 1. The van der Waals surface area contributed by atoms with Gasteiger partial charge in [-0.1, -0.05) is 30.4 Å². The highest BCUT2D eigenvalue weighted by Gasteiger charge is 2.28. The van der Waals surface area contributed by atoms with Crippen LogP contribution >= 0.6 is 0 Å². The van der Waals surface area contributed by atoms with Gasteiger partial charge in [-0.2, -0.15) is 0 Å². The molecule has 1 heteroatoms. The molecule has 1 nitrogen and oxygen atoms in total. The van der Waals surface area contributed by atoms with Crippen LogP contribution < -0.4 is 0 Å². The van der Waals surface area contributed by atoms with E-state index in [0.717, 1.165) is 6.42 Å². The van der Waals surface area contributed by atoms with Crippen LogP contribution in [0, 0.1) is 5.92 Å². The quantitative estimate of drug-likeness (QED) is 0.558. The molecule has 70 valence electrons. The van der Waals surface area contributed by atoms with Gasteiger partial charge in [0.25, 0.3) is 0 Å². The third-order valence-corrected chi connectivity index (χ3v) is 3.12. The molecule has 2 heterocycles. The van der Waals surface area contributed by atoms with Gasteiger partial charge in [-0.15, -0.1) is 0 Å². The zero-order chi connectivity index (χ0) is 9.38. The normalized spacial score (nSPS) is 32.6. The highest BCUT2D eigenvalue weighted by molar-refractivity contribution is 5.37. The van der Waals surface area contributed by atoms with Crippen molar-refractivity contribution in [1.82, 2.24) is 4.90 Å². The lowest BCUT2D eigenvalue weighted by Crippen LogP contribution is -2.37. The minimum atomic E-state index is 0.529. The molecular weight excluding hydrogens is 170 g/mol. The van der Waals surface area contributed by atoms with E-state index in [2.05, 4.69) is 59.8 Å². The standard InChI is InChI=1S/C13H13N/c1-2-6-12-11(5-1)8-10-14-9-4-3-7-13(12)14/h1-5,7-10,12-13H,6H2. The molecule has 0 N–H and O–H groups in total. The highest BCUT2D eigenvalue weighted by atomic mass is 15.1. The van der Waals surface area contributed by atoms with Gasteiger partial charge in [-0.25, -0.2) is 0 Å². The summed E-state index contributed by atoms with van der Waals surface area (Å²) in [5.41, 5.74) is 1.47. The molecule has 2 unspecified atom stereocenters. The Kier molecular flexibility index (Phi) is 1.69. The van der Waals surface area contributed by atoms with E-state index >= 15 is 0 Å². The molecule has 0 amide bonds. The van der Waals surface area contributed by atoms with Crippen molar-refractivity contribution in [3.63, 3.8) is 0 Å². The fraction of sp³-hybridized carbons (Fsp3) is 0.231. The van der Waals surface area contributed by atoms with Gasteiger partial charge in [-0.05, 0) is 24.1 Å². The molecule has 14 heavy (non-hydrogen) atoms. The van der Waals surface area contributed by atoms with Gasteiger partial charge in [-0.3, -0.25) is 0 Å². The van der Waals surface area contributed by atoms with Crippen molar-refractivity contribution in [3.8, 4) is 0 Å².